The van der Waals surface area contributed by atoms with E-state index in [9.17, 15) is 4.79 Å². The van der Waals surface area contributed by atoms with E-state index in [1.54, 1.807) is 9.25 Å². The summed E-state index contributed by atoms with van der Waals surface area (Å²) < 4.78 is 5.31. The van der Waals surface area contributed by atoms with Crippen molar-refractivity contribution in [3.8, 4) is 11.4 Å². The standard InChI is InChI=1S/C26H22N8OS/c1-16-11-13-19(14-12-16)32-24(35)20-9-4-5-10-21(20)33-25(32)28-29-26(33)36-15-22-27-30-31-34(22)23-17(2)7-6-8-18(23)3/h4-14H,15H2,1-3H3. The van der Waals surface area contributed by atoms with Crippen LogP contribution in [0.3, 0.4) is 0 Å². The minimum absolute atomic E-state index is 0.134. The molecule has 0 spiro atoms. The minimum atomic E-state index is -0.134. The van der Waals surface area contributed by atoms with Gasteiger partial charge >= 0.3 is 0 Å². The van der Waals surface area contributed by atoms with Crippen LogP contribution in [-0.2, 0) is 5.75 Å². The smallest absolute Gasteiger partial charge is 0.267 e. The van der Waals surface area contributed by atoms with Gasteiger partial charge in [0.1, 0.15) is 0 Å². The van der Waals surface area contributed by atoms with Crippen LogP contribution in [0.5, 0.6) is 0 Å². The molecule has 3 aromatic heterocycles. The molecule has 10 heteroatoms. The van der Waals surface area contributed by atoms with Crippen molar-refractivity contribution in [3.63, 3.8) is 0 Å². The van der Waals surface area contributed by atoms with E-state index in [1.165, 1.54) is 11.8 Å². The lowest BCUT2D eigenvalue weighted by molar-refractivity contribution is 0.769. The van der Waals surface area contributed by atoms with Gasteiger partial charge in [0.2, 0.25) is 5.78 Å². The first kappa shape index (κ1) is 22.2. The Kier molecular flexibility index (Phi) is 5.37. The maximum atomic E-state index is 13.5. The van der Waals surface area contributed by atoms with Crippen LogP contribution in [0, 0.1) is 20.8 Å². The Morgan fingerprint density at radius 1 is 0.833 bits per heavy atom. The second-order valence-electron chi connectivity index (χ2n) is 8.65. The van der Waals surface area contributed by atoms with Gasteiger partial charge in [-0.1, -0.05) is 59.8 Å². The third-order valence-electron chi connectivity index (χ3n) is 6.20. The van der Waals surface area contributed by atoms with Gasteiger partial charge < -0.3 is 0 Å². The second kappa shape index (κ2) is 8.72. The van der Waals surface area contributed by atoms with Gasteiger partial charge in [0.15, 0.2) is 11.0 Å². The van der Waals surface area contributed by atoms with Crippen LogP contribution >= 0.6 is 11.8 Å². The van der Waals surface area contributed by atoms with E-state index in [1.807, 2.05) is 91.9 Å². The molecule has 9 nitrogen and oxygen atoms in total. The third-order valence-corrected chi connectivity index (χ3v) is 7.13. The molecule has 0 aliphatic heterocycles. The zero-order chi connectivity index (χ0) is 24.8. The molecule has 178 valence electrons. The monoisotopic (exact) mass is 494 g/mol. The molecule has 0 atom stereocenters. The lowest BCUT2D eigenvalue weighted by Gasteiger charge is -2.12. The zero-order valence-corrected chi connectivity index (χ0v) is 20.8. The Hall–Kier alpha value is -4.31. The van der Waals surface area contributed by atoms with Gasteiger partial charge in [-0.3, -0.25) is 9.20 Å². The van der Waals surface area contributed by atoms with Crippen molar-refractivity contribution < 1.29 is 0 Å². The van der Waals surface area contributed by atoms with Gasteiger partial charge in [-0.05, 0) is 66.6 Å². The van der Waals surface area contributed by atoms with E-state index in [0.717, 1.165) is 33.6 Å². The highest BCUT2D eigenvalue weighted by atomic mass is 32.2. The number of para-hydroxylation sites is 2. The van der Waals surface area contributed by atoms with Crippen LogP contribution in [0.25, 0.3) is 28.1 Å². The van der Waals surface area contributed by atoms with E-state index in [2.05, 4.69) is 25.7 Å². The number of nitrogens with zero attached hydrogens (tertiary/aromatic N) is 8. The molecule has 0 fully saturated rings. The van der Waals surface area contributed by atoms with Crippen molar-refractivity contribution in [2.45, 2.75) is 31.7 Å². The molecule has 6 rings (SSSR count). The highest BCUT2D eigenvalue weighted by molar-refractivity contribution is 7.98. The molecule has 0 amide bonds. The first-order valence-electron chi connectivity index (χ1n) is 11.5. The molecule has 3 heterocycles. The predicted octanol–water partition coefficient (Wildman–Crippen LogP) is 4.23. The van der Waals surface area contributed by atoms with Crippen molar-refractivity contribution in [1.82, 2.24) is 39.4 Å². The number of aromatic nitrogens is 8. The van der Waals surface area contributed by atoms with E-state index in [0.29, 0.717) is 27.9 Å². The lowest BCUT2D eigenvalue weighted by atomic mass is 10.1. The number of fused-ring (bicyclic) bond motifs is 3. The molecule has 6 aromatic rings. The van der Waals surface area contributed by atoms with Gasteiger partial charge in [0.05, 0.1) is 28.0 Å². The molecule has 0 unspecified atom stereocenters. The molecule has 3 aromatic carbocycles. The maximum absolute atomic E-state index is 13.5. The fraction of sp³-hybridized carbons (Fsp3) is 0.154. The Morgan fingerprint density at radius 2 is 1.58 bits per heavy atom. The fourth-order valence-electron chi connectivity index (χ4n) is 4.44. The SMILES string of the molecule is Cc1ccc(-n2c(=O)c3ccccc3n3c(SCc4nnnn4-c4c(C)cccc4C)nnc23)cc1. The molecule has 0 aliphatic rings. The molecule has 0 bridgehead atoms. The van der Waals surface area contributed by atoms with Crippen molar-refractivity contribution in [2.24, 2.45) is 0 Å². The van der Waals surface area contributed by atoms with Crippen LogP contribution in [0.1, 0.15) is 22.5 Å². The van der Waals surface area contributed by atoms with Crippen LogP contribution in [0.4, 0.5) is 0 Å². The summed E-state index contributed by atoms with van der Waals surface area (Å²) in [4.78, 5) is 13.5. The Balaban J connectivity index is 1.47. The Bertz CT molecular complexity index is 1780. The molecule has 0 saturated carbocycles. The quantitative estimate of drug-likeness (QED) is 0.331. The summed E-state index contributed by atoms with van der Waals surface area (Å²) in [6.07, 6.45) is 0. The number of tetrazole rings is 1. The molecular formula is C26H22N8OS. The van der Waals surface area contributed by atoms with Gasteiger partial charge in [0.25, 0.3) is 5.56 Å². The molecule has 36 heavy (non-hydrogen) atoms. The maximum Gasteiger partial charge on any atom is 0.267 e. The average Bonchev–Trinajstić information content (AvgIpc) is 3.51. The van der Waals surface area contributed by atoms with Gasteiger partial charge in [-0.15, -0.1) is 15.3 Å². The van der Waals surface area contributed by atoms with E-state index in [-0.39, 0.29) is 5.56 Å². The number of hydrogen-bond donors (Lipinski definition) is 0. The topological polar surface area (TPSA) is 95.8 Å². The summed E-state index contributed by atoms with van der Waals surface area (Å²) in [5.74, 6) is 1.63. The normalized spacial score (nSPS) is 11.5. The Morgan fingerprint density at radius 3 is 2.36 bits per heavy atom. The third kappa shape index (κ3) is 3.57. The highest BCUT2D eigenvalue weighted by Gasteiger charge is 2.19. The lowest BCUT2D eigenvalue weighted by Crippen LogP contribution is -2.21. The number of aryl methyl sites for hydroxylation is 3. The van der Waals surface area contributed by atoms with Crippen LogP contribution in [0.2, 0.25) is 0 Å². The summed E-state index contributed by atoms with van der Waals surface area (Å²) in [6.45, 7) is 6.10. The summed E-state index contributed by atoms with van der Waals surface area (Å²) in [7, 11) is 0. The minimum Gasteiger partial charge on any atom is -0.268 e. The van der Waals surface area contributed by atoms with E-state index in [4.69, 9.17) is 0 Å². The molecule has 0 saturated heterocycles. The summed E-state index contributed by atoms with van der Waals surface area (Å²) in [5.41, 5.74) is 5.63. The summed E-state index contributed by atoms with van der Waals surface area (Å²) in [6, 6.07) is 21.4. The van der Waals surface area contributed by atoms with E-state index >= 15 is 0 Å². The molecule has 0 N–H and O–H groups in total. The van der Waals surface area contributed by atoms with Crippen LogP contribution < -0.4 is 5.56 Å². The number of thioether (sulfide) groups is 1. The van der Waals surface area contributed by atoms with Gasteiger partial charge in [-0.25, -0.2) is 4.57 Å². The van der Waals surface area contributed by atoms with Crippen molar-refractivity contribution >= 4 is 28.4 Å². The molecular weight excluding hydrogens is 472 g/mol. The average molecular weight is 495 g/mol. The zero-order valence-electron chi connectivity index (χ0n) is 20.0. The predicted molar refractivity (Wildman–Crippen MR) is 139 cm³/mol. The first-order chi connectivity index (χ1) is 17.5. The van der Waals surface area contributed by atoms with Crippen molar-refractivity contribution in [1.29, 1.82) is 0 Å². The van der Waals surface area contributed by atoms with Gasteiger partial charge in [-0.2, -0.15) is 4.68 Å². The fourth-order valence-corrected chi connectivity index (χ4v) is 5.28. The van der Waals surface area contributed by atoms with Gasteiger partial charge in [0, 0.05) is 0 Å². The van der Waals surface area contributed by atoms with Crippen LogP contribution in [-0.4, -0.2) is 39.4 Å². The van der Waals surface area contributed by atoms with Crippen molar-refractivity contribution in [3.05, 3.63) is 99.6 Å². The summed E-state index contributed by atoms with van der Waals surface area (Å²) >= 11 is 1.47. The number of hydrogen-bond acceptors (Lipinski definition) is 7. The Labute approximate surface area is 210 Å². The largest absolute Gasteiger partial charge is 0.268 e. The summed E-state index contributed by atoms with van der Waals surface area (Å²) in [5, 5.41) is 22.6. The molecule has 0 aliphatic carbocycles. The number of benzene rings is 3. The van der Waals surface area contributed by atoms with Crippen LogP contribution in [0.15, 0.2) is 76.7 Å². The second-order valence-corrected chi connectivity index (χ2v) is 9.59. The highest BCUT2D eigenvalue weighted by Crippen LogP contribution is 2.27. The number of rotatable bonds is 5. The van der Waals surface area contributed by atoms with Crippen molar-refractivity contribution in [2.75, 3.05) is 0 Å². The first-order valence-corrected chi connectivity index (χ1v) is 12.4. The van der Waals surface area contributed by atoms with E-state index < -0.39 is 0 Å². The molecule has 0 radical (unpaired) electrons.